The Bertz CT molecular complexity index is 206. The highest BCUT2D eigenvalue weighted by molar-refractivity contribution is 8.22. The fraction of sp³-hybridized carbons (Fsp3) is 0.875. The second kappa shape index (κ2) is 4.11. The van der Waals surface area contributed by atoms with Gasteiger partial charge in [-0.15, -0.1) is 23.5 Å². The molecule has 0 aromatic rings. The number of hydrogen-bond donors (Lipinski definition) is 1. The van der Waals surface area contributed by atoms with Crippen LogP contribution in [0.1, 0.15) is 13.8 Å². The first-order valence-corrected chi connectivity index (χ1v) is 5.80. The average molecular weight is 222 g/mol. The lowest BCUT2D eigenvalue weighted by Gasteiger charge is -2.14. The van der Waals surface area contributed by atoms with Gasteiger partial charge >= 0.3 is 5.97 Å². The maximum atomic E-state index is 11.3. The molecule has 1 aliphatic rings. The van der Waals surface area contributed by atoms with E-state index in [1.807, 2.05) is 13.8 Å². The maximum Gasteiger partial charge on any atom is 0.320 e. The summed E-state index contributed by atoms with van der Waals surface area (Å²) in [5.74, 6) is -0.234. The Morgan fingerprint density at radius 3 is 2.62 bits per heavy atom. The van der Waals surface area contributed by atoms with Gasteiger partial charge < -0.3 is 9.84 Å². The highest BCUT2D eigenvalue weighted by Gasteiger charge is 2.44. The molecule has 0 aromatic heterocycles. The molecule has 0 saturated carbocycles. The van der Waals surface area contributed by atoms with Crippen LogP contribution in [0.2, 0.25) is 0 Å². The minimum atomic E-state index is -0.234. The Morgan fingerprint density at radius 2 is 2.15 bits per heavy atom. The van der Waals surface area contributed by atoms with E-state index in [-0.39, 0.29) is 27.2 Å². The van der Waals surface area contributed by atoms with E-state index >= 15 is 0 Å². The minimum Gasteiger partial charge on any atom is -0.468 e. The van der Waals surface area contributed by atoms with Crippen LogP contribution >= 0.6 is 23.5 Å². The van der Waals surface area contributed by atoms with Crippen LogP contribution < -0.4 is 0 Å². The lowest BCUT2D eigenvalue weighted by Crippen LogP contribution is -2.28. The molecule has 1 fully saturated rings. The first-order valence-electron chi connectivity index (χ1n) is 4.04. The van der Waals surface area contributed by atoms with Gasteiger partial charge in [0.1, 0.15) is 5.25 Å². The number of carbonyl (C=O) groups is 1. The fourth-order valence-electron chi connectivity index (χ4n) is 1.28. The number of aliphatic hydroxyl groups is 1. The fourth-order valence-corrected chi connectivity index (χ4v) is 4.60. The predicted molar refractivity (Wildman–Crippen MR) is 55.9 cm³/mol. The summed E-state index contributed by atoms with van der Waals surface area (Å²) in [5.41, 5.74) is 0. The van der Waals surface area contributed by atoms with Crippen molar-refractivity contribution in [3.63, 3.8) is 0 Å². The van der Waals surface area contributed by atoms with Crippen molar-refractivity contribution in [2.75, 3.05) is 13.7 Å². The molecular formula is C8H14O3S2. The third-order valence-electron chi connectivity index (χ3n) is 1.80. The normalized spacial score (nSPS) is 31.7. The average Bonchev–Trinajstić information content (AvgIpc) is 2.39. The smallest absolute Gasteiger partial charge is 0.320 e. The summed E-state index contributed by atoms with van der Waals surface area (Å²) in [6, 6.07) is 0. The predicted octanol–water partition coefficient (Wildman–Crippen LogP) is 1.10. The summed E-state index contributed by atoms with van der Waals surface area (Å²) in [7, 11) is 1.38. The number of methoxy groups -OCH3 is 1. The van der Waals surface area contributed by atoms with Crippen LogP contribution in [-0.2, 0) is 9.53 Å². The number of hydrogen-bond acceptors (Lipinski definition) is 5. The summed E-state index contributed by atoms with van der Waals surface area (Å²) < 4.78 is 4.67. The van der Waals surface area contributed by atoms with Crippen LogP contribution in [0.15, 0.2) is 0 Å². The van der Waals surface area contributed by atoms with E-state index in [2.05, 4.69) is 4.74 Å². The highest BCUT2D eigenvalue weighted by atomic mass is 32.2. The molecule has 2 unspecified atom stereocenters. The van der Waals surface area contributed by atoms with Crippen molar-refractivity contribution in [3.8, 4) is 0 Å². The molecule has 0 aliphatic carbocycles. The maximum absolute atomic E-state index is 11.3. The summed E-state index contributed by atoms with van der Waals surface area (Å²) in [6.07, 6.45) is 0. The van der Waals surface area contributed by atoms with Gasteiger partial charge in [-0.3, -0.25) is 4.79 Å². The van der Waals surface area contributed by atoms with Gasteiger partial charge in [-0.1, -0.05) is 0 Å². The van der Waals surface area contributed by atoms with Crippen LogP contribution in [0, 0.1) is 0 Å². The summed E-state index contributed by atoms with van der Waals surface area (Å²) in [5, 5.41) is 8.81. The molecule has 0 aromatic carbocycles. The third kappa shape index (κ3) is 2.54. The van der Waals surface area contributed by atoms with Gasteiger partial charge in [0.2, 0.25) is 0 Å². The van der Waals surface area contributed by atoms with Crippen LogP contribution in [0.3, 0.4) is 0 Å². The summed E-state index contributed by atoms with van der Waals surface area (Å²) in [4.78, 5) is 11.3. The molecule has 0 amide bonds. The first kappa shape index (κ1) is 11.2. The molecule has 0 bridgehead atoms. The largest absolute Gasteiger partial charge is 0.468 e. The number of thioether (sulfide) groups is 2. The van der Waals surface area contributed by atoms with E-state index in [1.54, 1.807) is 23.5 Å². The van der Waals surface area contributed by atoms with Gasteiger partial charge in [0.15, 0.2) is 0 Å². The Hall–Kier alpha value is 0.130. The SMILES string of the molecule is COC(=O)C1SC(C)(C)SC1CO. The summed E-state index contributed by atoms with van der Waals surface area (Å²) in [6.45, 7) is 4.13. The number of rotatable bonds is 2. The Morgan fingerprint density at radius 1 is 1.54 bits per heavy atom. The topological polar surface area (TPSA) is 46.5 Å². The lowest BCUT2D eigenvalue weighted by molar-refractivity contribution is -0.140. The third-order valence-corrected chi connectivity index (χ3v) is 5.18. The van der Waals surface area contributed by atoms with Gasteiger partial charge in [-0.2, -0.15) is 0 Å². The second-order valence-corrected chi connectivity index (χ2v) is 7.18. The molecule has 0 radical (unpaired) electrons. The monoisotopic (exact) mass is 222 g/mol. The molecule has 13 heavy (non-hydrogen) atoms. The van der Waals surface area contributed by atoms with Crippen LogP contribution in [0.4, 0.5) is 0 Å². The van der Waals surface area contributed by atoms with E-state index in [0.29, 0.717) is 0 Å². The van der Waals surface area contributed by atoms with E-state index in [9.17, 15) is 4.79 Å². The van der Waals surface area contributed by atoms with Crippen LogP contribution in [0.25, 0.3) is 0 Å². The zero-order chi connectivity index (χ0) is 10.1. The number of esters is 1. The van der Waals surface area contributed by atoms with Gasteiger partial charge in [0.25, 0.3) is 0 Å². The van der Waals surface area contributed by atoms with Crippen molar-refractivity contribution < 1.29 is 14.6 Å². The number of aliphatic hydroxyl groups excluding tert-OH is 1. The van der Waals surface area contributed by atoms with Crippen LogP contribution in [0.5, 0.6) is 0 Å². The van der Waals surface area contributed by atoms with Crippen molar-refractivity contribution in [1.29, 1.82) is 0 Å². The quantitative estimate of drug-likeness (QED) is 0.709. The van der Waals surface area contributed by atoms with Crippen molar-refractivity contribution in [2.45, 2.75) is 28.4 Å². The lowest BCUT2D eigenvalue weighted by atomic mass is 10.3. The van der Waals surface area contributed by atoms with E-state index in [1.165, 1.54) is 7.11 Å². The van der Waals surface area contributed by atoms with Crippen molar-refractivity contribution in [2.24, 2.45) is 0 Å². The Labute approximate surface area is 86.6 Å². The zero-order valence-corrected chi connectivity index (χ0v) is 9.58. The van der Waals surface area contributed by atoms with Gasteiger partial charge in [0, 0.05) is 0 Å². The van der Waals surface area contributed by atoms with E-state index in [0.717, 1.165) is 0 Å². The molecular weight excluding hydrogens is 208 g/mol. The minimum absolute atomic E-state index is 0.00769. The molecule has 1 saturated heterocycles. The van der Waals surface area contributed by atoms with E-state index < -0.39 is 0 Å². The number of ether oxygens (including phenoxy) is 1. The van der Waals surface area contributed by atoms with Gasteiger partial charge in [-0.05, 0) is 13.8 Å². The molecule has 3 nitrogen and oxygen atoms in total. The Balaban J connectivity index is 2.69. The molecule has 1 aliphatic heterocycles. The van der Waals surface area contributed by atoms with Crippen molar-refractivity contribution in [1.82, 2.24) is 0 Å². The molecule has 1 rings (SSSR count). The van der Waals surface area contributed by atoms with Crippen molar-refractivity contribution >= 4 is 29.5 Å². The van der Waals surface area contributed by atoms with Crippen molar-refractivity contribution in [3.05, 3.63) is 0 Å². The molecule has 1 N–H and O–H groups in total. The zero-order valence-electron chi connectivity index (χ0n) is 7.94. The van der Waals surface area contributed by atoms with E-state index in [4.69, 9.17) is 5.11 Å². The summed E-state index contributed by atoms with van der Waals surface area (Å²) >= 11 is 3.19. The highest BCUT2D eigenvalue weighted by Crippen LogP contribution is 2.51. The second-order valence-electron chi connectivity index (χ2n) is 3.30. The first-order chi connectivity index (χ1) is 6.00. The molecule has 1 heterocycles. The Kier molecular flexibility index (Phi) is 3.54. The standard InChI is InChI=1S/C8H14O3S2/c1-8(2)12-5(4-9)6(13-8)7(10)11-3/h5-6,9H,4H2,1-3H3. The number of carbonyl (C=O) groups excluding carboxylic acids is 1. The molecule has 2 atom stereocenters. The molecule has 76 valence electrons. The van der Waals surface area contributed by atoms with Gasteiger partial charge in [-0.25, -0.2) is 0 Å². The van der Waals surface area contributed by atoms with Gasteiger partial charge in [0.05, 0.1) is 23.0 Å². The molecule has 5 heteroatoms. The molecule has 0 spiro atoms. The van der Waals surface area contributed by atoms with Crippen LogP contribution in [-0.4, -0.2) is 39.4 Å².